The fourth-order valence-corrected chi connectivity index (χ4v) is 3.26. The van der Waals surface area contributed by atoms with Crippen molar-refractivity contribution in [1.29, 1.82) is 5.26 Å². The minimum absolute atomic E-state index is 0.143. The smallest absolute Gasteiger partial charge is 0.174 e. The maximum absolute atomic E-state index is 11.9. The second kappa shape index (κ2) is 9.45. The zero-order valence-corrected chi connectivity index (χ0v) is 16.8. The van der Waals surface area contributed by atoms with Crippen molar-refractivity contribution in [3.05, 3.63) is 46.5 Å². The molecule has 1 aliphatic rings. The number of aromatic nitrogens is 1. The van der Waals surface area contributed by atoms with Crippen LogP contribution >= 0.6 is 11.3 Å². The summed E-state index contributed by atoms with van der Waals surface area (Å²) in [4.78, 5) is 17.0. The van der Waals surface area contributed by atoms with Crippen LogP contribution < -0.4 is 0 Å². The molecule has 4 heteroatoms. The number of benzene rings is 1. The molecule has 1 aromatic carbocycles. The van der Waals surface area contributed by atoms with Gasteiger partial charge >= 0.3 is 0 Å². The predicted octanol–water partition coefficient (Wildman–Crippen LogP) is 6.44. The first-order valence-electron chi connectivity index (χ1n) is 9.17. The molecule has 0 aliphatic heterocycles. The van der Waals surface area contributed by atoms with Crippen molar-refractivity contribution in [2.45, 2.75) is 53.4 Å². The Morgan fingerprint density at radius 3 is 2.65 bits per heavy atom. The highest BCUT2D eigenvalue weighted by molar-refractivity contribution is 7.16. The molecule has 0 radical (unpaired) electrons. The summed E-state index contributed by atoms with van der Waals surface area (Å²) in [5, 5.41) is 10.0. The van der Waals surface area contributed by atoms with E-state index in [2.05, 4.69) is 18.0 Å². The summed E-state index contributed by atoms with van der Waals surface area (Å²) in [6.07, 6.45) is 7.83. The molecular formula is C22H26N2OS. The molecule has 1 heterocycles. The molecule has 1 saturated carbocycles. The Labute approximate surface area is 160 Å². The number of rotatable bonds is 5. The van der Waals surface area contributed by atoms with Gasteiger partial charge in [-0.15, -0.1) is 11.3 Å². The van der Waals surface area contributed by atoms with E-state index in [0.717, 1.165) is 34.0 Å². The van der Waals surface area contributed by atoms with Gasteiger partial charge in [-0.25, -0.2) is 4.98 Å². The third-order valence-corrected chi connectivity index (χ3v) is 5.39. The van der Waals surface area contributed by atoms with Crippen molar-refractivity contribution in [3.63, 3.8) is 0 Å². The average molecular weight is 367 g/mol. The highest BCUT2D eigenvalue weighted by Gasteiger charge is 2.13. The summed E-state index contributed by atoms with van der Waals surface area (Å²) in [5.74, 6) is 1.23. The van der Waals surface area contributed by atoms with Crippen LogP contribution in [0.5, 0.6) is 0 Å². The van der Waals surface area contributed by atoms with Gasteiger partial charge in [0.1, 0.15) is 5.01 Å². The predicted molar refractivity (Wildman–Crippen MR) is 109 cm³/mol. The lowest BCUT2D eigenvalue weighted by atomic mass is 9.99. The quantitative estimate of drug-likeness (QED) is 0.451. The third-order valence-electron chi connectivity index (χ3n) is 4.31. The van der Waals surface area contributed by atoms with Crippen molar-refractivity contribution >= 4 is 22.7 Å². The van der Waals surface area contributed by atoms with Crippen LogP contribution in [0, 0.1) is 24.2 Å². The van der Waals surface area contributed by atoms with Crippen LogP contribution in [-0.2, 0) is 0 Å². The molecule has 0 N–H and O–H groups in total. The summed E-state index contributed by atoms with van der Waals surface area (Å²) in [6.45, 7) is 8.11. The lowest BCUT2D eigenvalue weighted by Crippen LogP contribution is -1.93. The zero-order chi connectivity index (χ0) is 19.1. The van der Waals surface area contributed by atoms with Crippen LogP contribution in [-0.4, -0.2) is 10.8 Å². The fourth-order valence-electron chi connectivity index (χ4n) is 2.38. The summed E-state index contributed by atoms with van der Waals surface area (Å²) in [6, 6.07) is 8.16. The number of hydrogen-bond acceptors (Lipinski definition) is 4. The Hall–Kier alpha value is -2.25. The molecule has 0 saturated heterocycles. The Kier molecular flexibility index (Phi) is 7.29. The van der Waals surface area contributed by atoms with Gasteiger partial charge in [0, 0.05) is 18.2 Å². The highest BCUT2D eigenvalue weighted by atomic mass is 32.1. The number of allylic oxidation sites excluding steroid dienone is 2. The Morgan fingerprint density at radius 2 is 2.12 bits per heavy atom. The lowest BCUT2D eigenvalue weighted by molar-refractivity contribution is 0.0985. The minimum atomic E-state index is 0.143. The Bertz CT molecular complexity index is 838. The molecule has 0 amide bonds. The minimum Gasteiger partial charge on any atom is -0.293 e. The molecule has 1 fully saturated rings. The number of nitriles is 1. The van der Waals surface area contributed by atoms with E-state index in [1.807, 2.05) is 45.0 Å². The summed E-state index contributed by atoms with van der Waals surface area (Å²) < 4.78 is 0. The van der Waals surface area contributed by atoms with Gasteiger partial charge in [-0.2, -0.15) is 5.26 Å². The topological polar surface area (TPSA) is 53.8 Å². The number of nitrogens with zero attached hydrogens (tertiary/aromatic N) is 2. The van der Waals surface area contributed by atoms with Crippen molar-refractivity contribution in [1.82, 2.24) is 4.98 Å². The van der Waals surface area contributed by atoms with Gasteiger partial charge in [0.25, 0.3) is 0 Å². The molecule has 3 nitrogen and oxygen atoms in total. The molecule has 0 atom stereocenters. The molecule has 0 spiro atoms. The molecule has 3 rings (SSSR count). The second-order valence-corrected chi connectivity index (χ2v) is 7.76. The number of hydrogen-bond donors (Lipinski definition) is 0. The van der Waals surface area contributed by atoms with Crippen LogP contribution in [0.4, 0.5) is 0 Å². The molecule has 2 aromatic rings. The zero-order valence-electron chi connectivity index (χ0n) is 16.0. The maximum atomic E-state index is 11.9. The van der Waals surface area contributed by atoms with Crippen molar-refractivity contribution in [3.8, 4) is 16.6 Å². The number of ketones is 1. The number of thiazole rings is 1. The van der Waals surface area contributed by atoms with Gasteiger partial charge in [-0.05, 0) is 43.4 Å². The number of carbonyl (C=O) groups is 1. The summed E-state index contributed by atoms with van der Waals surface area (Å²) in [7, 11) is 0. The van der Waals surface area contributed by atoms with E-state index in [-0.39, 0.29) is 5.78 Å². The summed E-state index contributed by atoms with van der Waals surface area (Å²) in [5.41, 5.74) is 3.56. The molecule has 136 valence electrons. The van der Waals surface area contributed by atoms with Gasteiger partial charge < -0.3 is 0 Å². The van der Waals surface area contributed by atoms with E-state index in [4.69, 9.17) is 0 Å². The number of aryl methyl sites for hydroxylation is 1. The van der Waals surface area contributed by atoms with E-state index in [1.54, 1.807) is 6.20 Å². The van der Waals surface area contributed by atoms with Crippen LogP contribution in [0.2, 0.25) is 0 Å². The molecule has 1 aliphatic carbocycles. The largest absolute Gasteiger partial charge is 0.293 e. The van der Waals surface area contributed by atoms with Crippen LogP contribution in [0.1, 0.15) is 67.3 Å². The molecule has 26 heavy (non-hydrogen) atoms. The Morgan fingerprint density at radius 1 is 1.42 bits per heavy atom. The van der Waals surface area contributed by atoms with Gasteiger partial charge in [0.05, 0.1) is 16.5 Å². The van der Waals surface area contributed by atoms with E-state index >= 15 is 0 Å². The van der Waals surface area contributed by atoms with Gasteiger partial charge in [-0.1, -0.05) is 44.9 Å². The standard InChI is InChI=1S/C18H18N2OS.C4H8/c1-4-6-16(21)17-11-20-18(22-17)14-8-7-12(3)15(9-14)13(5-2)10-19;1-4-2-3-4/h5,7-9,11H,4,6H2,1-3H3;4H,2-3H2,1H3/b13-5-;. The van der Waals surface area contributed by atoms with Crippen molar-refractivity contribution < 1.29 is 4.79 Å². The third kappa shape index (κ3) is 5.37. The second-order valence-electron chi connectivity index (χ2n) is 6.73. The monoisotopic (exact) mass is 366 g/mol. The first-order chi connectivity index (χ1) is 12.5. The maximum Gasteiger partial charge on any atom is 0.174 e. The van der Waals surface area contributed by atoms with Gasteiger partial charge in [0.2, 0.25) is 0 Å². The summed E-state index contributed by atoms with van der Waals surface area (Å²) >= 11 is 1.41. The van der Waals surface area contributed by atoms with E-state index in [0.29, 0.717) is 16.9 Å². The highest BCUT2D eigenvalue weighted by Crippen LogP contribution is 2.30. The van der Waals surface area contributed by atoms with Crippen molar-refractivity contribution in [2.24, 2.45) is 5.92 Å². The van der Waals surface area contributed by atoms with E-state index in [1.165, 1.54) is 24.2 Å². The first kappa shape index (κ1) is 20.1. The van der Waals surface area contributed by atoms with Crippen LogP contribution in [0.15, 0.2) is 30.5 Å². The molecule has 1 aromatic heterocycles. The van der Waals surface area contributed by atoms with Crippen LogP contribution in [0.25, 0.3) is 16.1 Å². The first-order valence-corrected chi connectivity index (χ1v) is 9.98. The number of Topliss-reactive ketones (excluding diaryl/α,β-unsaturated/α-hetero) is 1. The lowest BCUT2D eigenvalue weighted by Gasteiger charge is -2.06. The van der Waals surface area contributed by atoms with Gasteiger partial charge in [0.15, 0.2) is 5.78 Å². The van der Waals surface area contributed by atoms with Crippen molar-refractivity contribution in [2.75, 3.05) is 0 Å². The number of carbonyl (C=O) groups excluding carboxylic acids is 1. The molecular weight excluding hydrogens is 340 g/mol. The average Bonchev–Trinajstić information content (AvgIpc) is 3.26. The Balaban J connectivity index is 0.000000534. The van der Waals surface area contributed by atoms with Gasteiger partial charge in [-0.3, -0.25) is 4.79 Å². The van der Waals surface area contributed by atoms with E-state index in [9.17, 15) is 10.1 Å². The van der Waals surface area contributed by atoms with E-state index < -0.39 is 0 Å². The SMILES string of the molecule is C/C=C(/C#N)c1cc(-c2ncc(C(=O)CCC)s2)ccc1C.CC1CC1. The normalized spacial score (nSPS) is 13.6. The molecule has 0 unspecified atom stereocenters. The fraction of sp³-hybridized carbons (Fsp3) is 0.409. The molecule has 0 bridgehead atoms. The van der Waals surface area contributed by atoms with Crippen LogP contribution in [0.3, 0.4) is 0 Å².